The molecule has 0 saturated heterocycles. The minimum Gasteiger partial charge on any atom is -0.497 e. The highest BCUT2D eigenvalue weighted by Gasteiger charge is 2.12. The van der Waals surface area contributed by atoms with Gasteiger partial charge in [0.2, 0.25) is 11.8 Å². The molecule has 5 nitrogen and oxygen atoms in total. The van der Waals surface area contributed by atoms with Gasteiger partial charge >= 0.3 is 0 Å². The molecule has 0 unspecified atom stereocenters. The first-order valence-electron chi connectivity index (χ1n) is 8.88. The van der Waals surface area contributed by atoms with Gasteiger partial charge in [-0.25, -0.2) is 4.39 Å². The molecule has 0 spiro atoms. The van der Waals surface area contributed by atoms with Crippen LogP contribution >= 0.6 is 0 Å². The second-order valence-electron chi connectivity index (χ2n) is 6.22. The molecule has 1 N–H and O–H groups in total. The summed E-state index contributed by atoms with van der Waals surface area (Å²) in [5.41, 5.74) is 1.53. The maximum absolute atomic E-state index is 13.7. The van der Waals surface area contributed by atoms with E-state index < -0.39 is 0 Å². The highest BCUT2D eigenvalue weighted by Crippen LogP contribution is 2.11. The lowest BCUT2D eigenvalue weighted by Crippen LogP contribution is -2.35. The molecule has 2 aromatic carbocycles. The van der Waals surface area contributed by atoms with Gasteiger partial charge in [0.15, 0.2) is 0 Å². The third-order valence-electron chi connectivity index (χ3n) is 4.31. The average Bonchev–Trinajstić information content (AvgIpc) is 2.67. The molecule has 0 aliphatic carbocycles. The van der Waals surface area contributed by atoms with Crippen LogP contribution in [0.3, 0.4) is 0 Å². The fourth-order valence-electron chi connectivity index (χ4n) is 2.65. The number of benzene rings is 2. The Morgan fingerprint density at radius 1 is 1.07 bits per heavy atom. The monoisotopic (exact) mass is 372 g/mol. The minimum atomic E-state index is -0.279. The smallest absolute Gasteiger partial charge is 0.222 e. The normalized spacial score (nSPS) is 10.3. The molecule has 0 heterocycles. The molecule has 0 radical (unpaired) electrons. The zero-order valence-electron chi connectivity index (χ0n) is 15.7. The van der Waals surface area contributed by atoms with Gasteiger partial charge in [0, 0.05) is 33.0 Å². The number of rotatable bonds is 9. The van der Waals surface area contributed by atoms with Crippen molar-refractivity contribution >= 4 is 11.8 Å². The van der Waals surface area contributed by atoms with E-state index in [0.29, 0.717) is 31.6 Å². The Balaban J connectivity index is 1.77. The molecule has 0 aromatic heterocycles. The number of hydrogen-bond donors (Lipinski definition) is 1. The average molecular weight is 372 g/mol. The number of nitrogens with zero attached hydrogens (tertiary/aromatic N) is 1. The first-order valence-corrected chi connectivity index (χ1v) is 8.88. The molecule has 2 rings (SSSR count). The van der Waals surface area contributed by atoms with Crippen LogP contribution in [0.5, 0.6) is 5.75 Å². The third-order valence-corrected chi connectivity index (χ3v) is 4.31. The topological polar surface area (TPSA) is 58.6 Å². The maximum atomic E-state index is 13.7. The lowest BCUT2D eigenvalue weighted by atomic mass is 10.1. The van der Waals surface area contributed by atoms with E-state index >= 15 is 0 Å². The maximum Gasteiger partial charge on any atom is 0.222 e. The van der Waals surface area contributed by atoms with Crippen LogP contribution in [0, 0.1) is 5.82 Å². The Hall–Kier alpha value is -2.89. The van der Waals surface area contributed by atoms with Crippen molar-refractivity contribution in [3.05, 3.63) is 65.5 Å². The molecular formula is C21H25FN2O3. The van der Waals surface area contributed by atoms with E-state index in [1.807, 2.05) is 24.3 Å². The Kier molecular flexibility index (Phi) is 7.79. The highest BCUT2D eigenvalue weighted by molar-refractivity contribution is 5.78. The second kappa shape index (κ2) is 10.3. The third kappa shape index (κ3) is 6.73. The molecule has 0 aliphatic heterocycles. The molecule has 0 saturated carbocycles. The summed E-state index contributed by atoms with van der Waals surface area (Å²) in [5.74, 6) is 0.215. The van der Waals surface area contributed by atoms with Gasteiger partial charge in [0.25, 0.3) is 0 Å². The Morgan fingerprint density at radius 2 is 1.78 bits per heavy atom. The van der Waals surface area contributed by atoms with Crippen LogP contribution in [0.25, 0.3) is 0 Å². The van der Waals surface area contributed by atoms with E-state index in [0.717, 1.165) is 11.3 Å². The molecule has 0 aliphatic rings. The van der Waals surface area contributed by atoms with E-state index in [1.165, 1.54) is 13.0 Å². The van der Waals surface area contributed by atoms with Crippen LogP contribution < -0.4 is 10.1 Å². The summed E-state index contributed by atoms with van der Waals surface area (Å²) < 4.78 is 18.8. The largest absolute Gasteiger partial charge is 0.497 e. The van der Waals surface area contributed by atoms with Crippen molar-refractivity contribution in [2.24, 2.45) is 0 Å². The van der Waals surface area contributed by atoms with Gasteiger partial charge in [-0.2, -0.15) is 0 Å². The number of ether oxygens (including phenoxy) is 1. The summed E-state index contributed by atoms with van der Waals surface area (Å²) in [6.07, 6.45) is 0.618. The summed E-state index contributed by atoms with van der Waals surface area (Å²) in [7, 11) is 1.60. The van der Waals surface area contributed by atoms with Crippen molar-refractivity contribution in [3.8, 4) is 5.75 Å². The molecule has 2 amide bonds. The van der Waals surface area contributed by atoms with Crippen molar-refractivity contribution in [3.63, 3.8) is 0 Å². The van der Waals surface area contributed by atoms with Crippen LogP contribution in [-0.2, 0) is 22.6 Å². The Labute approximate surface area is 159 Å². The number of amides is 2. The van der Waals surface area contributed by atoms with Crippen LogP contribution in [0.4, 0.5) is 4.39 Å². The number of hydrogen-bond acceptors (Lipinski definition) is 3. The van der Waals surface area contributed by atoms with E-state index in [4.69, 9.17) is 4.74 Å². The Morgan fingerprint density at radius 3 is 2.41 bits per heavy atom. The second-order valence-corrected chi connectivity index (χ2v) is 6.22. The van der Waals surface area contributed by atoms with Crippen molar-refractivity contribution in [2.75, 3.05) is 20.2 Å². The molecule has 2 aromatic rings. The van der Waals surface area contributed by atoms with Crippen LogP contribution in [-0.4, -0.2) is 36.9 Å². The van der Waals surface area contributed by atoms with Gasteiger partial charge in [0.1, 0.15) is 11.6 Å². The highest BCUT2D eigenvalue weighted by atomic mass is 19.1. The molecular weight excluding hydrogens is 347 g/mol. The summed E-state index contributed by atoms with van der Waals surface area (Å²) in [6, 6.07) is 13.9. The van der Waals surface area contributed by atoms with Crippen LogP contribution in [0.1, 0.15) is 24.5 Å². The number of carbonyl (C=O) groups is 2. The van der Waals surface area contributed by atoms with Gasteiger partial charge in [-0.3, -0.25) is 9.59 Å². The Bertz CT molecular complexity index is 762. The minimum absolute atomic E-state index is 0.130. The van der Waals surface area contributed by atoms with E-state index in [2.05, 4.69) is 5.32 Å². The van der Waals surface area contributed by atoms with Crippen molar-refractivity contribution < 1.29 is 18.7 Å². The van der Waals surface area contributed by atoms with Gasteiger partial charge in [-0.15, -0.1) is 0 Å². The predicted molar refractivity (Wildman–Crippen MR) is 102 cm³/mol. The number of methoxy groups -OCH3 is 1. The lowest BCUT2D eigenvalue weighted by molar-refractivity contribution is -0.129. The summed E-state index contributed by atoms with van der Waals surface area (Å²) in [4.78, 5) is 25.4. The van der Waals surface area contributed by atoms with Crippen LogP contribution in [0.2, 0.25) is 0 Å². The number of nitrogens with one attached hydrogen (secondary N) is 1. The molecule has 0 atom stereocenters. The van der Waals surface area contributed by atoms with E-state index in [9.17, 15) is 14.0 Å². The van der Waals surface area contributed by atoms with Gasteiger partial charge in [-0.1, -0.05) is 30.3 Å². The predicted octanol–water partition coefficient (Wildman–Crippen LogP) is 2.93. The van der Waals surface area contributed by atoms with E-state index in [1.54, 1.807) is 30.2 Å². The zero-order valence-corrected chi connectivity index (χ0v) is 15.7. The fourth-order valence-corrected chi connectivity index (χ4v) is 2.65. The van der Waals surface area contributed by atoms with Crippen molar-refractivity contribution in [2.45, 2.75) is 26.3 Å². The molecule has 144 valence electrons. The summed E-state index contributed by atoms with van der Waals surface area (Å²) >= 11 is 0. The number of halogens is 1. The first-order chi connectivity index (χ1) is 13.0. The molecule has 6 heteroatoms. The quantitative estimate of drug-likeness (QED) is 0.736. The first kappa shape index (κ1) is 20.4. The molecule has 27 heavy (non-hydrogen) atoms. The van der Waals surface area contributed by atoms with Crippen molar-refractivity contribution in [1.29, 1.82) is 0 Å². The summed E-state index contributed by atoms with van der Waals surface area (Å²) in [5, 5.41) is 2.84. The van der Waals surface area contributed by atoms with E-state index in [-0.39, 0.29) is 24.1 Å². The fraction of sp³-hybridized carbons (Fsp3) is 0.333. The van der Waals surface area contributed by atoms with Gasteiger partial charge < -0.3 is 15.0 Å². The van der Waals surface area contributed by atoms with Gasteiger partial charge in [-0.05, 0) is 35.7 Å². The SMILES string of the molecule is COc1ccc(CNC(=O)CCN(CCc2ccccc2F)C(C)=O)cc1. The molecule has 0 bridgehead atoms. The van der Waals surface area contributed by atoms with Crippen LogP contribution in [0.15, 0.2) is 48.5 Å². The van der Waals surface area contributed by atoms with Crippen molar-refractivity contribution in [1.82, 2.24) is 10.2 Å². The van der Waals surface area contributed by atoms with Gasteiger partial charge in [0.05, 0.1) is 7.11 Å². The lowest BCUT2D eigenvalue weighted by Gasteiger charge is -2.21. The molecule has 0 fully saturated rings. The summed E-state index contributed by atoms with van der Waals surface area (Å²) in [6.45, 7) is 2.55. The zero-order chi connectivity index (χ0) is 19.6. The number of carbonyl (C=O) groups excluding carboxylic acids is 2. The standard InChI is InChI=1S/C21H25FN2O3/c1-16(25)24(13-11-18-5-3-4-6-20(18)22)14-12-21(26)23-15-17-7-9-19(27-2)10-8-17/h3-10H,11-15H2,1-2H3,(H,23,26).